The molecule has 0 bridgehead atoms. The highest BCUT2D eigenvalue weighted by Crippen LogP contribution is 2.44. The number of pyridine rings is 1. The van der Waals surface area contributed by atoms with Gasteiger partial charge in [-0.25, -0.2) is 9.18 Å². The molecule has 29 heavy (non-hydrogen) atoms. The van der Waals surface area contributed by atoms with E-state index in [1.165, 1.54) is 6.20 Å². The van der Waals surface area contributed by atoms with Crippen LogP contribution in [0.4, 0.5) is 10.1 Å². The molecule has 2 aromatic rings. The second kappa shape index (κ2) is 7.64. The molecule has 1 aromatic heterocycles. The summed E-state index contributed by atoms with van der Waals surface area (Å²) >= 11 is 0. The van der Waals surface area contributed by atoms with Gasteiger partial charge in [-0.05, 0) is 25.8 Å². The lowest BCUT2D eigenvalue weighted by atomic mass is 10.1. The maximum absolute atomic E-state index is 15.3. The Balaban J connectivity index is 2.00. The summed E-state index contributed by atoms with van der Waals surface area (Å²) in [6.45, 7) is 3.63. The SMILES string of the molecule is CCOc1c(N2CCOC(CN)C2)c(F)cc2c(=O)c(C(=O)O)cn(C3CC3)c12. The molecule has 1 unspecified atom stereocenters. The van der Waals surface area contributed by atoms with E-state index in [-0.39, 0.29) is 41.1 Å². The fraction of sp³-hybridized carbons (Fsp3) is 0.500. The van der Waals surface area contributed by atoms with E-state index in [9.17, 15) is 14.7 Å². The Morgan fingerprint density at radius 2 is 2.21 bits per heavy atom. The number of anilines is 1. The predicted octanol–water partition coefficient (Wildman–Crippen LogP) is 1.74. The van der Waals surface area contributed by atoms with E-state index in [1.807, 2.05) is 4.90 Å². The first-order valence-electron chi connectivity index (χ1n) is 9.80. The molecule has 0 spiro atoms. The van der Waals surface area contributed by atoms with Gasteiger partial charge < -0.3 is 29.8 Å². The highest BCUT2D eigenvalue weighted by Gasteiger charge is 2.32. The molecule has 1 aliphatic heterocycles. The lowest BCUT2D eigenvalue weighted by Gasteiger charge is -2.35. The first-order valence-corrected chi connectivity index (χ1v) is 9.80. The van der Waals surface area contributed by atoms with Crippen molar-refractivity contribution < 1.29 is 23.8 Å². The van der Waals surface area contributed by atoms with Crippen molar-refractivity contribution in [2.45, 2.75) is 31.9 Å². The molecule has 1 atom stereocenters. The number of morpholine rings is 1. The van der Waals surface area contributed by atoms with Crippen molar-refractivity contribution in [2.75, 3.05) is 37.7 Å². The zero-order chi connectivity index (χ0) is 20.7. The minimum Gasteiger partial charge on any atom is -0.489 e. The molecule has 0 amide bonds. The summed E-state index contributed by atoms with van der Waals surface area (Å²) in [5, 5.41) is 9.45. The molecule has 156 valence electrons. The molecule has 1 saturated heterocycles. The molecule has 8 nitrogen and oxygen atoms in total. The Morgan fingerprint density at radius 1 is 1.45 bits per heavy atom. The average Bonchev–Trinajstić information content (AvgIpc) is 3.54. The number of fused-ring (bicyclic) bond motifs is 1. The van der Waals surface area contributed by atoms with E-state index in [0.717, 1.165) is 18.9 Å². The Labute approximate surface area is 166 Å². The van der Waals surface area contributed by atoms with Crippen molar-refractivity contribution in [2.24, 2.45) is 5.73 Å². The van der Waals surface area contributed by atoms with Crippen LogP contribution >= 0.6 is 0 Å². The first-order chi connectivity index (χ1) is 14.0. The van der Waals surface area contributed by atoms with Crippen molar-refractivity contribution in [3.63, 3.8) is 0 Å². The van der Waals surface area contributed by atoms with Crippen LogP contribution in [0.25, 0.3) is 10.9 Å². The van der Waals surface area contributed by atoms with Gasteiger partial charge in [-0.1, -0.05) is 0 Å². The summed E-state index contributed by atoms with van der Waals surface area (Å²) in [4.78, 5) is 26.2. The number of ether oxygens (including phenoxy) is 2. The van der Waals surface area contributed by atoms with Gasteiger partial charge in [-0.3, -0.25) is 4.79 Å². The van der Waals surface area contributed by atoms with Crippen LogP contribution in [0.3, 0.4) is 0 Å². The normalized spacial score (nSPS) is 19.6. The van der Waals surface area contributed by atoms with Gasteiger partial charge in [-0.2, -0.15) is 0 Å². The molecule has 1 saturated carbocycles. The average molecular weight is 405 g/mol. The van der Waals surface area contributed by atoms with Crippen molar-refractivity contribution in [3.05, 3.63) is 33.9 Å². The monoisotopic (exact) mass is 405 g/mol. The third-order valence-corrected chi connectivity index (χ3v) is 5.38. The maximum Gasteiger partial charge on any atom is 0.341 e. The van der Waals surface area contributed by atoms with E-state index < -0.39 is 17.2 Å². The smallest absolute Gasteiger partial charge is 0.341 e. The largest absolute Gasteiger partial charge is 0.489 e. The van der Waals surface area contributed by atoms with Crippen molar-refractivity contribution in [1.82, 2.24) is 4.57 Å². The molecule has 3 N–H and O–H groups in total. The number of nitrogens with two attached hydrogens (primary N) is 1. The molecule has 2 heterocycles. The number of carboxylic acids is 1. The number of hydrogen-bond donors (Lipinski definition) is 2. The fourth-order valence-corrected chi connectivity index (χ4v) is 3.88. The Hall–Kier alpha value is -2.65. The van der Waals surface area contributed by atoms with E-state index in [4.69, 9.17) is 15.2 Å². The third-order valence-electron chi connectivity index (χ3n) is 5.38. The van der Waals surface area contributed by atoms with Gasteiger partial charge in [-0.15, -0.1) is 0 Å². The number of carboxylic acid groups (broad SMARTS) is 1. The second-order valence-electron chi connectivity index (χ2n) is 7.36. The van der Waals surface area contributed by atoms with Gasteiger partial charge in [0.2, 0.25) is 5.43 Å². The predicted molar refractivity (Wildman–Crippen MR) is 106 cm³/mol. The number of nitrogens with zero attached hydrogens (tertiary/aromatic N) is 2. The van der Waals surface area contributed by atoms with Gasteiger partial charge in [0.1, 0.15) is 11.3 Å². The lowest BCUT2D eigenvalue weighted by molar-refractivity contribution is 0.0461. The van der Waals surface area contributed by atoms with Crippen LogP contribution in [0, 0.1) is 5.82 Å². The molecular formula is C20H24FN3O5. The number of hydrogen-bond acceptors (Lipinski definition) is 6. The molecule has 4 rings (SSSR count). The van der Waals surface area contributed by atoms with Crippen molar-refractivity contribution in [3.8, 4) is 5.75 Å². The Morgan fingerprint density at radius 3 is 2.83 bits per heavy atom. The van der Waals surface area contributed by atoms with Gasteiger partial charge in [0, 0.05) is 31.9 Å². The number of halogens is 1. The van der Waals surface area contributed by atoms with Crippen molar-refractivity contribution in [1.29, 1.82) is 0 Å². The maximum atomic E-state index is 15.3. The van der Waals surface area contributed by atoms with Crippen LogP contribution < -0.4 is 20.8 Å². The van der Waals surface area contributed by atoms with Gasteiger partial charge in [0.15, 0.2) is 11.6 Å². The topological polar surface area (TPSA) is 107 Å². The summed E-state index contributed by atoms with van der Waals surface area (Å²) in [6, 6.07) is 1.20. The fourth-order valence-electron chi connectivity index (χ4n) is 3.88. The number of aromatic carboxylic acids is 1. The van der Waals surface area contributed by atoms with Gasteiger partial charge >= 0.3 is 5.97 Å². The summed E-state index contributed by atoms with van der Waals surface area (Å²) in [7, 11) is 0. The van der Waals surface area contributed by atoms with E-state index >= 15 is 4.39 Å². The first kappa shape index (κ1) is 19.7. The minimum atomic E-state index is -1.33. The van der Waals surface area contributed by atoms with Gasteiger partial charge in [0.05, 0.1) is 30.2 Å². The van der Waals surface area contributed by atoms with Crippen LogP contribution in [0.15, 0.2) is 17.1 Å². The standard InChI is InChI=1S/C20H24FN3O5/c1-2-28-19-16-13(18(25)14(20(26)27)10-24(16)11-3-4-11)7-15(21)17(19)23-5-6-29-12(8-22)9-23/h7,10-12H,2-6,8-9,22H2,1H3,(H,26,27). The summed E-state index contributed by atoms with van der Waals surface area (Å²) in [5.41, 5.74) is 5.35. The quantitative estimate of drug-likeness (QED) is 0.754. The highest BCUT2D eigenvalue weighted by molar-refractivity contribution is 5.97. The molecule has 0 radical (unpaired) electrons. The Bertz CT molecular complexity index is 1020. The molecule has 2 aliphatic rings. The summed E-state index contributed by atoms with van der Waals surface area (Å²) in [6.07, 6.45) is 2.86. The van der Waals surface area contributed by atoms with Crippen LogP contribution in [0.5, 0.6) is 5.75 Å². The number of benzene rings is 1. The molecule has 2 fully saturated rings. The lowest BCUT2D eigenvalue weighted by Crippen LogP contribution is -2.46. The van der Waals surface area contributed by atoms with Crippen LogP contribution in [0.2, 0.25) is 0 Å². The van der Waals surface area contributed by atoms with Gasteiger partial charge in [0.25, 0.3) is 0 Å². The van der Waals surface area contributed by atoms with E-state index in [0.29, 0.717) is 31.8 Å². The third kappa shape index (κ3) is 3.44. The molecule has 1 aromatic carbocycles. The second-order valence-corrected chi connectivity index (χ2v) is 7.36. The van der Waals surface area contributed by atoms with Crippen LogP contribution in [-0.4, -0.2) is 54.6 Å². The zero-order valence-electron chi connectivity index (χ0n) is 16.2. The minimum absolute atomic E-state index is 0.0186. The van der Waals surface area contributed by atoms with E-state index in [1.54, 1.807) is 11.5 Å². The summed E-state index contributed by atoms with van der Waals surface area (Å²) in [5.74, 6) is -1.69. The zero-order valence-corrected chi connectivity index (χ0v) is 16.2. The Kier molecular flexibility index (Phi) is 5.18. The highest BCUT2D eigenvalue weighted by atomic mass is 19.1. The van der Waals surface area contributed by atoms with Crippen LogP contribution in [-0.2, 0) is 4.74 Å². The molecule has 1 aliphatic carbocycles. The number of aromatic nitrogens is 1. The van der Waals surface area contributed by atoms with Crippen LogP contribution in [0.1, 0.15) is 36.2 Å². The van der Waals surface area contributed by atoms with Crippen molar-refractivity contribution >= 4 is 22.6 Å². The molecule has 9 heteroatoms. The van der Waals surface area contributed by atoms with E-state index in [2.05, 4.69) is 0 Å². The number of rotatable bonds is 6. The summed E-state index contributed by atoms with van der Waals surface area (Å²) < 4.78 is 28.5. The molecular weight excluding hydrogens is 381 g/mol. The number of carbonyl (C=O) groups is 1.